The van der Waals surface area contributed by atoms with E-state index in [2.05, 4.69) is 10.00 Å². The molecule has 0 amide bonds. The summed E-state index contributed by atoms with van der Waals surface area (Å²) in [7, 11) is 0. The molecule has 0 aliphatic carbocycles. The third kappa shape index (κ3) is 3.15. The number of nitrogens with zero attached hydrogens (tertiary/aromatic N) is 3. The first kappa shape index (κ1) is 14.3. The van der Waals surface area contributed by atoms with Crippen molar-refractivity contribution in [2.75, 3.05) is 19.7 Å². The number of hydrogen-bond acceptors (Lipinski definition) is 4. The van der Waals surface area contributed by atoms with E-state index in [4.69, 9.17) is 0 Å². The van der Waals surface area contributed by atoms with Gasteiger partial charge in [0.1, 0.15) is 0 Å². The molecule has 112 valence electrons. The van der Waals surface area contributed by atoms with Gasteiger partial charge in [0.25, 0.3) is 0 Å². The summed E-state index contributed by atoms with van der Waals surface area (Å²) in [6.45, 7) is 2.31. The predicted molar refractivity (Wildman–Crippen MR) is 80.0 cm³/mol. The van der Waals surface area contributed by atoms with E-state index in [1.54, 1.807) is 6.20 Å². The second-order valence-corrected chi connectivity index (χ2v) is 5.60. The summed E-state index contributed by atoms with van der Waals surface area (Å²) in [5, 5.41) is 23.6. The van der Waals surface area contributed by atoms with Crippen molar-refractivity contribution in [3.8, 4) is 5.69 Å². The number of β-amino-alcohol motifs (C(OH)–C–C–N with tert-alkyl or cyclic N) is 1. The Kier molecular flexibility index (Phi) is 4.34. The number of aromatic nitrogens is 2. The number of aliphatic hydroxyl groups excluding tert-OH is 2. The van der Waals surface area contributed by atoms with Gasteiger partial charge in [-0.05, 0) is 31.2 Å². The average molecular weight is 287 g/mol. The van der Waals surface area contributed by atoms with Gasteiger partial charge in [0, 0.05) is 31.8 Å². The number of aliphatic hydroxyl groups is 2. The number of benzene rings is 1. The van der Waals surface area contributed by atoms with Crippen LogP contribution < -0.4 is 0 Å². The lowest BCUT2D eigenvalue weighted by Crippen LogP contribution is -2.44. The first-order valence-electron chi connectivity index (χ1n) is 7.37. The fraction of sp³-hybridized carbons (Fsp3) is 0.438. The van der Waals surface area contributed by atoms with Crippen molar-refractivity contribution < 1.29 is 10.2 Å². The summed E-state index contributed by atoms with van der Waals surface area (Å²) < 4.78 is 1.94. The SMILES string of the molecule is OC[C@H]1CCN(Cc2ccnn2-c2ccccc2)C[C@@H]1O. The molecule has 21 heavy (non-hydrogen) atoms. The van der Waals surface area contributed by atoms with Crippen molar-refractivity contribution in [3.63, 3.8) is 0 Å². The minimum atomic E-state index is -0.447. The fourth-order valence-electron chi connectivity index (χ4n) is 2.88. The van der Waals surface area contributed by atoms with Crippen LogP contribution in [0.5, 0.6) is 0 Å². The molecule has 1 saturated heterocycles. The molecule has 3 rings (SSSR count). The van der Waals surface area contributed by atoms with Crippen LogP contribution in [0.15, 0.2) is 42.6 Å². The maximum Gasteiger partial charge on any atom is 0.0717 e. The molecule has 5 nitrogen and oxygen atoms in total. The van der Waals surface area contributed by atoms with Crippen molar-refractivity contribution in [2.24, 2.45) is 5.92 Å². The monoisotopic (exact) mass is 287 g/mol. The number of rotatable bonds is 4. The molecule has 1 aromatic carbocycles. The van der Waals surface area contributed by atoms with Gasteiger partial charge >= 0.3 is 0 Å². The zero-order valence-corrected chi connectivity index (χ0v) is 12.0. The summed E-state index contributed by atoms with van der Waals surface area (Å²) >= 11 is 0. The highest BCUT2D eigenvalue weighted by molar-refractivity contribution is 5.32. The van der Waals surface area contributed by atoms with Crippen LogP contribution in [0, 0.1) is 5.92 Å². The van der Waals surface area contributed by atoms with Crippen molar-refractivity contribution in [2.45, 2.75) is 19.1 Å². The number of hydrogen-bond donors (Lipinski definition) is 2. The molecule has 0 unspecified atom stereocenters. The van der Waals surface area contributed by atoms with Crippen LogP contribution in [0.2, 0.25) is 0 Å². The zero-order valence-electron chi connectivity index (χ0n) is 12.0. The molecular formula is C16H21N3O2. The fourth-order valence-corrected chi connectivity index (χ4v) is 2.88. The van der Waals surface area contributed by atoms with E-state index >= 15 is 0 Å². The third-order valence-electron chi connectivity index (χ3n) is 4.15. The quantitative estimate of drug-likeness (QED) is 0.882. The van der Waals surface area contributed by atoms with E-state index in [9.17, 15) is 10.2 Å². The molecule has 2 aromatic rings. The van der Waals surface area contributed by atoms with Crippen LogP contribution >= 0.6 is 0 Å². The molecule has 1 aliphatic heterocycles. The van der Waals surface area contributed by atoms with Crippen LogP contribution in [0.25, 0.3) is 5.69 Å². The van der Waals surface area contributed by atoms with Crippen LogP contribution in [-0.2, 0) is 6.54 Å². The second kappa shape index (κ2) is 6.39. The highest BCUT2D eigenvalue weighted by Crippen LogP contribution is 2.20. The van der Waals surface area contributed by atoms with Crippen LogP contribution in [0.4, 0.5) is 0 Å². The first-order valence-corrected chi connectivity index (χ1v) is 7.37. The molecule has 1 aromatic heterocycles. The van der Waals surface area contributed by atoms with Gasteiger partial charge in [0.15, 0.2) is 0 Å². The normalized spacial score (nSPS) is 23.3. The molecule has 0 spiro atoms. The van der Waals surface area contributed by atoms with E-state index in [1.807, 2.05) is 41.1 Å². The molecular weight excluding hydrogens is 266 g/mol. The number of piperidine rings is 1. The molecule has 0 saturated carbocycles. The lowest BCUT2D eigenvalue weighted by molar-refractivity contribution is -0.00498. The van der Waals surface area contributed by atoms with E-state index in [0.717, 1.165) is 30.9 Å². The molecule has 1 fully saturated rings. The lowest BCUT2D eigenvalue weighted by atomic mass is 9.95. The first-order chi connectivity index (χ1) is 10.3. The summed E-state index contributed by atoms with van der Waals surface area (Å²) in [5.74, 6) is 0.0142. The van der Waals surface area contributed by atoms with E-state index in [1.165, 1.54) is 0 Å². The minimum absolute atomic E-state index is 0.0142. The molecule has 2 atom stereocenters. The van der Waals surface area contributed by atoms with Gasteiger partial charge in [-0.15, -0.1) is 0 Å². The van der Waals surface area contributed by atoms with Crippen LogP contribution in [-0.4, -0.2) is 50.7 Å². The topological polar surface area (TPSA) is 61.5 Å². The van der Waals surface area contributed by atoms with Crippen molar-refractivity contribution in [3.05, 3.63) is 48.3 Å². The van der Waals surface area contributed by atoms with Gasteiger partial charge in [0.05, 0.1) is 17.5 Å². The average Bonchev–Trinajstić information content (AvgIpc) is 2.96. The summed E-state index contributed by atoms with van der Waals surface area (Å²) in [4.78, 5) is 2.22. The standard InChI is InChI=1S/C16H21N3O2/c20-12-13-7-9-18(11-16(13)21)10-15-6-8-17-19(15)14-4-2-1-3-5-14/h1-6,8,13,16,20-21H,7,9-12H2/t13-,16+/m1/s1. The van der Waals surface area contributed by atoms with Crippen LogP contribution in [0.1, 0.15) is 12.1 Å². The Balaban J connectivity index is 1.71. The molecule has 1 aliphatic rings. The van der Waals surface area contributed by atoms with Crippen molar-refractivity contribution in [1.82, 2.24) is 14.7 Å². The molecule has 0 bridgehead atoms. The van der Waals surface area contributed by atoms with E-state index in [0.29, 0.717) is 6.54 Å². The Morgan fingerprint density at radius 1 is 1.19 bits per heavy atom. The molecule has 2 N–H and O–H groups in total. The highest BCUT2D eigenvalue weighted by atomic mass is 16.3. The van der Waals surface area contributed by atoms with Gasteiger partial charge < -0.3 is 10.2 Å². The summed E-state index contributed by atoms with van der Waals surface area (Å²) in [5.41, 5.74) is 2.15. The molecule has 5 heteroatoms. The second-order valence-electron chi connectivity index (χ2n) is 5.60. The van der Waals surface area contributed by atoms with E-state index < -0.39 is 6.10 Å². The number of para-hydroxylation sites is 1. The van der Waals surface area contributed by atoms with Gasteiger partial charge in [-0.1, -0.05) is 18.2 Å². The Morgan fingerprint density at radius 2 is 2.00 bits per heavy atom. The lowest BCUT2D eigenvalue weighted by Gasteiger charge is -2.35. The summed E-state index contributed by atoms with van der Waals surface area (Å²) in [6, 6.07) is 12.1. The maximum atomic E-state index is 10.0. The largest absolute Gasteiger partial charge is 0.396 e. The van der Waals surface area contributed by atoms with Gasteiger partial charge in [-0.25, -0.2) is 4.68 Å². The van der Waals surface area contributed by atoms with Crippen molar-refractivity contribution >= 4 is 0 Å². The number of likely N-dealkylation sites (tertiary alicyclic amines) is 1. The van der Waals surface area contributed by atoms with Gasteiger partial charge in [0.2, 0.25) is 0 Å². The predicted octanol–water partition coefficient (Wildman–Crippen LogP) is 1.05. The summed E-state index contributed by atoms with van der Waals surface area (Å²) in [6.07, 6.45) is 2.19. The Hall–Kier alpha value is -1.69. The smallest absolute Gasteiger partial charge is 0.0717 e. The van der Waals surface area contributed by atoms with Crippen LogP contribution in [0.3, 0.4) is 0 Å². The maximum absolute atomic E-state index is 10.0. The Morgan fingerprint density at radius 3 is 2.71 bits per heavy atom. The van der Waals surface area contributed by atoms with Crippen molar-refractivity contribution in [1.29, 1.82) is 0 Å². The van der Waals surface area contributed by atoms with Gasteiger partial charge in [-0.3, -0.25) is 4.90 Å². The van der Waals surface area contributed by atoms with E-state index in [-0.39, 0.29) is 12.5 Å². The Bertz CT molecular complexity index is 570. The minimum Gasteiger partial charge on any atom is -0.396 e. The highest BCUT2D eigenvalue weighted by Gasteiger charge is 2.27. The molecule has 0 radical (unpaired) electrons. The van der Waals surface area contributed by atoms with Gasteiger partial charge in [-0.2, -0.15) is 5.10 Å². The third-order valence-corrected chi connectivity index (χ3v) is 4.15. The Labute approximate surface area is 124 Å². The zero-order chi connectivity index (χ0) is 14.7. The molecule has 2 heterocycles.